The number of anilines is 1. The van der Waals surface area contributed by atoms with Crippen LogP contribution in [0, 0.1) is 5.82 Å². The van der Waals surface area contributed by atoms with Crippen LogP contribution in [-0.4, -0.2) is 49.6 Å². The zero-order valence-corrected chi connectivity index (χ0v) is 26.1. The van der Waals surface area contributed by atoms with E-state index in [-0.39, 0.29) is 53.1 Å². The normalized spacial score (nSPS) is 21.8. The highest BCUT2D eigenvalue weighted by Crippen LogP contribution is 2.45. The maximum absolute atomic E-state index is 13.9. The van der Waals surface area contributed by atoms with Crippen LogP contribution in [0.3, 0.4) is 0 Å². The Labute approximate surface area is 265 Å². The minimum absolute atomic E-state index is 0.0270. The number of amides is 1. The van der Waals surface area contributed by atoms with E-state index in [1.807, 2.05) is 0 Å². The predicted octanol–water partition coefficient (Wildman–Crippen LogP) is 6.68. The van der Waals surface area contributed by atoms with Gasteiger partial charge in [0.25, 0.3) is 0 Å². The molecule has 5 rings (SSSR count). The number of hydrogen-bond donors (Lipinski definition) is 2. The van der Waals surface area contributed by atoms with Crippen molar-refractivity contribution in [1.29, 1.82) is 0 Å². The molecule has 1 aromatic heterocycles. The summed E-state index contributed by atoms with van der Waals surface area (Å²) in [6.07, 6.45) is -6.42. The second kappa shape index (κ2) is 12.8. The van der Waals surface area contributed by atoms with Gasteiger partial charge in [-0.2, -0.15) is 26.3 Å². The number of aromatic nitrogens is 1. The summed E-state index contributed by atoms with van der Waals surface area (Å²) in [4.78, 5) is 20.5. The molecule has 2 N–H and O–H groups in total. The molecule has 1 aliphatic heterocycles. The Balaban J connectivity index is 1.37. The van der Waals surface area contributed by atoms with Crippen molar-refractivity contribution in [3.63, 3.8) is 0 Å². The number of alkyl halides is 6. The SMILES string of the molecule is CS(=O)(=O)Nc1nc(C2(C(=O)NCc3cc(C(F)(F)F)cc(C(F)(F)F)c3)CCC(N3CCC(c4ccc(F)cc4)CC3)C2)cs1. The number of nitrogens with one attached hydrogen (secondary N) is 2. The molecular weight excluding hydrogens is 661 g/mol. The van der Waals surface area contributed by atoms with Gasteiger partial charge in [0.05, 0.1) is 28.5 Å². The summed E-state index contributed by atoms with van der Waals surface area (Å²) >= 11 is 0.967. The molecule has 2 heterocycles. The molecule has 1 saturated carbocycles. The van der Waals surface area contributed by atoms with Crippen LogP contribution < -0.4 is 10.0 Å². The quantitative estimate of drug-likeness (QED) is 0.257. The van der Waals surface area contributed by atoms with Crippen LogP contribution in [-0.2, 0) is 39.1 Å². The number of hydrogen-bond acceptors (Lipinski definition) is 6. The smallest absolute Gasteiger partial charge is 0.351 e. The largest absolute Gasteiger partial charge is 0.416 e. The lowest BCUT2D eigenvalue weighted by molar-refractivity contribution is -0.143. The number of sulfonamides is 1. The minimum Gasteiger partial charge on any atom is -0.351 e. The molecule has 0 spiro atoms. The summed E-state index contributed by atoms with van der Waals surface area (Å²) in [6.45, 7) is 0.805. The van der Waals surface area contributed by atoms with E-state index in [0.717, 1.165) is 36.0 Å². The van der Waals surface area contributed by atoms with Crippen LogP contribution in [0.1, 0.15) is 66.0 Å². The fourth-order valence-electron chi connectivity index (χ4n) is 6.39. The Kier molecular flexibility index (Phi) is 9.45. The molecule has 0 bridgehead atoms. The van der Waals surface area contributed by atoms with Crippen LogP contribution in [0.15, 0.2) is 47.8 Å². The second-order valence-corrected chi connectivity index (χ2v) is 14.5. The topological polar surface area (TPSA) is 91.4 Å². The number of thiazole rings is 1. The highest BCUT2D eigenvalue weighted by Gasteiger charge is 2.50. The molecule has 1 saturated heterocycles. The third-order valence-electron chi connectivity index (χ3n) is 8.68. The minimum atomic E-state index is -5.03. The number of halogens is 7. The van der Waals surface area contributed by atoms with Crippen molar-refractivity contribution >= 4 is 32.4 Å². The average Bonchev–Trinajstić information content (AvgIpc) is 3.63. The molecule has 0 radical (unpaired) electrons. The van der Waals surface area contributed by atoms with Gasteiger partial charge in [-0.1, -0.05) is 12.1 Å². The number of benzene rings is 2. The Morgan fingerprint density at radius 2 is 1.61 bits per heavy atom. The lowest BCUT2D eigenvalue weighted by atomic mass is 9.81. The Hall–Kier alpha value is -3.24. The lowest BCUT2D eigenvalue weighted by Crippen LogP contribution is -2.45. The van der Waals surface area contributed by atoms with Gasteiger partial charge in [-0.05, 0) is 92.6 Å². The van der Waals surface area contributed by atoms with E-state index in [2.05, 4.69) is 19.9 Å². The van der Waals surface area contributed by atoms with Crippen molar-refractivity contribution < 1.29 is 43.9 Å². The van der Waals surface area contributed by atoms with Gasteiger partial charge in [0, 0.05) is 18.0 Å². The molecule has 16 heteroatoms. The first-order valence-electron chi connectivity index (χ1n) is 14.4. The standard InChI is InChI=1S/C30H31F7N4O3S2/c1-46(43,44)40-27-39-25(17-45-27)28(26(42)38-16-18-12-21(29(32,33)34)14-22(13-18)30(35,36)37)9-6-24(15-28)41-10-7-20(8-11-41)19-2-4-23(31)5-3-19/h2-5,12-14,17,20,24H,6-11,15-16H2,1H3,(H,38,42)(H,39,40). The van der Waals surface area contributed by atoms with Crippen molar-refractivity contribution in [2.45, 2.75) is 68.4 Å². The average molecular weight is 693 g/mol. The molecular formula is C30H31F7N4O3S2. The second-order valence-electron chi connectivity index (χ2n) is 11.8. The number of rotatable bonds is 8. The van der Waals surface area contributed by atoms with Crippen molar-refractivity contribution in [2.24, 2.45) is 0 Å². The lowest BCUT2D eigenvalue weighted by Gasteiger charge is -2.37. The first kappa shape index (κ1) is 34.1. The first-order chi connectivity index (χ1) is 21.4. The molecule has 7 nitrogen and oxygen atoms in total. The van der Waals surface area contributed by atoms with Crippen LogP contribution in [0.5, 0.6) is 0 Å². The van der Waals surface area contributed by atoms with Gasteiger partial charge in [-0.25, -0.2) is 17.8 Å². The molecule has 2 fully saturated rings. The monoisotopic (exact) mass is 692 g/mol. The summed E-state index contributed by atoms with van der Waals surface area (Å²) in [7, 11) is -3.68. The number of piperidine rings is 1. The van der Waals surface area contributed by atoms with E-state index < -0.39 is 51.4 Å². The zero-order valence-electron chi connectivity index (χ0n) is 24.5. The summed E-state index contributed by atoms with van der Waals surface area (Å²) in [5.41, 5.74) is -3.34. The molecule has 3 aromatic rings. The van der Waals surface area contributed by atoms with Gasteiger partial charge >= 0.3 is 12.4 Å². The van der Waals surface area contributed by atoms with E-state index in [4.69, 9.17) is 0 Å². The highest BCUT2D eigenvalue weighted by molar-refractivity contribution is 7.92. The van der Waals surface area contributed by atoms with Crippen LogP contribution >= 0.6 is 11.3 Å². The molecule has 2 atom stereocenters. The van der Waals surface area contributed by atoms with Gasteiger partial charge in [0.1, 0.15) is 5.82 Å². The van der Waals surface area contributed by atoms with Crippen molar-refractivity contribution in [3.8, 4) is 0 Å². The van der Waals surface area contributed by atoms with Crippen LogP contribution in [0.25, 0.3) is 0 Å². The maximum atomic E-state index is 13.9. The number of nitrogens with zero attached hydrogens (tertiary/aromatic N) is 2. The van der Waals surface area contributed by atoms with Gasteiger partial charge in [0.2, 0.25) is 15.9 Å². The Bertz CT molecular complexity index is 1640. The van der Waals surface area contributed by atoms with Crippen molar-refractivity contribution in [2.75, 3.05) is 24.1 Å². The van der Waals surface area contributed by atoms with Gasteiger partial charge in [-0.3, -0.25) is 9.52 Å². The van der Waals surface area contributed by atoms with E-state index in [1.165, 1.54) is 12.1 Å². The third-order valence-corrected chi connectivity index (χ3v) is 10.1. The summed E-state index contributed by atoms with van der Waals surface area (Å²) in [6, 6.07) is 7.48. The molecule has 2 unspecified atom stereocenters. The number of carbonyl (C=O) groups excluding carboxylic acids is 1. The molecule has 250 valence electrons. The predicted molar refractivity (Wildman–Crippen MR) is 158 cm³/mol. The molecule has 2 aromatic carbocycles. The van der Waals surface area contributed by atoms with Crippen LogP contribution in [0.2, 0.25) is 0 Å². The Morgan fingerprint density at radius 1 is 1.00 bits per heavy atom. The van der Waals surface area contributed by atoms with E-state index in [9.17, 15) is 43.9 Å². The molecule has 46 heavy (non-hydrogen) atoms. The van der Waals surface area contributed by atoms with E-state index >= 15 is 0 Å². The maximum Gasteiger partial charge on any atom is 0.416 e. The number of carbonyl (C=O) groups is 1. The van der Waals surface area contributed by atoms with Gasteiger partial charge in [-0.15, -0.1) is 11.3 Å². The first-order valence-corrected chi connectivity index (χ1v) is 17.2. The van der Waals surface area contributed by atoms with E-state index in [1.54, 1.807) is 17.5 Å². The van der Waals surface area contributed by atoms with Gasteiger partial charge < -0.3 is 10.2 Å². The van der Waals surface area contributed by atoms with Crippen LogP contribution in [0.4, 0.5) is 35.9 Å². The van der Waals surface area contributed by atoms with Crippen molar-refractivity contribution in [3.05, 3.63) is 81.6 Å². The molecule has 1 amide bonds. The highest BCUT2D eigenvalue weighted by atomic mass is 32.2. The molecule has 1 aliphatic carbocycles. The molecule has 2 aliphatic rings. The third kappa shape index (κ3) is 7.82. The van der Waals surface area contributed by atoms with Gasteiger partial charge in [0.15, 0.2) is 5.13 Å². The summed E-state index contributed by atoms with van der Waals surface area (Å²) in [5, 5.41) is 4.13. The van der Waals surface area contributed by atoms with Crippen molar-refractivity contribution in [1.82, 2.24) is 15.2 Å². The summed E-state index contributed by atoms with van der Waals surface area (Å²) < 4.78 is 120. The number of likely N-dealkylation sites (tertiary alicyclic amines) is 1. The fourth-order valence-corrected chi connectivity index (χ4v) is 8.05. The summed E-state index contributed by atoms with van der Waals surface area (Å²) in [5.74, 6) is -0.700. The fraction of sp³-hybridized carbons (Fsp3) is 0.467. The Morgan fingerprint density at radius 3 is 2.17 bits per heavy atom. The van der Waals surface area contributed by atoms with E-state index in [0.29, 0.717) is 31.6 Å². The zero-order chi connectivity index (χ0) is 33.5.